The summed E-state index contributed by atoms with van der Waals surface area (Å²) in [6.45, 7) is 2.10. The number of hydrogen-bond acceptors (Lipinski definition) is 4. The van der Waals surface area contributed by atoms with Gasteiger partial charge in [-0.2, -0.15) is 0 Å². The van der Waals surface area contributed by atoms with Gasteiger partial charge in [-0.25, -0.2) is 0 Å². The molecule has 4 atom stereocenters. The summed E-state index contributed by atoms with van der Waals surface area (Å²) < 4.78 is 0. The monoisotopic (exact) mass is 376 g/mol. The number of rotatable bonds is 12. The van der Waals surface area contributed by atoms with Crippen molar-refractivity contribution in [2.45, 2.75) is 64.1 Å². The van der Waals surface area contributed by atoms with Crippen LogP contribution in [0.3, 0.4) is 0 Å². The zero-order valence-corrected chi connectivity index (χ0v) is 16.0. The standard InChI is InChI=1S/C22H32O5/c1-2-3-4-5-6-7-8-9-10-11-17(23)12-13-18-19(14-15-22(26)27)21(25)16-20(18)24/h3-4,6-7,9-10,12-13,17-19,21,23,25H,2,5,8,11,14-16H2,1H3,(H,26,27)/b4-3-,7-6+,10-9-,13-12+/t17-,18+,19-,21+/m0/s1. The molecule has 0 aliphatic heterocycles. The van der Waals surface area contributed by atoms with Crippen LogP contribution >= 0.6 is 0 Å². The van der Waals surface area contributed by atoms with Gasteiger partial charge in [0.15, 0.2) is 0 Å². The van der Waals surface area contributed by atoms with Gasteiger partial charge in [0, 0.05) is 18.8 Å². The molecule has 0 aromatic heterocycles. The molecule has 5 heteroatoms. The van der Waals surface area contributed by atoms with Crippen molar-refractivity contribution in [2.75, 3.05) is 0 Å². The Balaban J connectivity index is 2.40. The molecule has 0 spiro atoms. The number of aliphatic carboxylic acids is 1. The van der Waals surface area contributed by atoms with E-state index in [1.54, 1.807) is 12.2 Å². The Hall–Kier alpha value is -1.98. The van der Waals surface area contributed by atoms with Crippen LogP contribution < -0.4 is 0 Å². The average Bonchev–Trinajstić information content (AvgIpc) is 2.89. The van der Waals surface area contributed by atoms with Crippen molar-refractivity contribution in [1.82, 2.24) is 0 Å². The molecule has 1 aliphatic rings. The number of carboxylic acid groups (broad SMARTS) is 1. The first-order valence-corrected chi connectivity index (χ1v) is 9.69. The zero-order chi connectivity index (χ0) is 20.1. The number of Topliss-reactive ketones (excluding diaryl/α,β-unsaturated/α-hetero) is 1. The number of aliphatic hydroxyl groups is 2. The maximum absolute atomic E-state index is 12.0. The molecule has 0 aromatic rings. The quantitative estimate of drug-likeness (QED) is 0.453. The van der Waals surface area contributed by atoms with Crippen LogP contribution in [0.15, 0.2) is 48.6 Å². The lowest BCUT2D eigenvalue weighted by molar-refractivity contribution is -0.137. The molecule has 3 N–H and O–H groups in total. The molecule has 1 fully saturated rings. The Morgan fingerprint density at radius 2 is 1.78 bits per heavy atom. The van der Waals surface area contributed by atoms with E-state index in [1.807, 2.05) is 12.2 Å². The molecule has 1 aliphatic carbocycles. The summed E-state index contributed by atoms with van der Waals surface area (Å²) in [4.78, 5) is 22.7. The first kappa shape index (κ1) is 23.1. The Morgan fingerprint density at radius 3 is 2.41 bits per heavy atom. The number of ketones is 1. The molecule has 150 valence electrons. The minimum absolute atomic E-state index is 0.0507. The van der Waals surface area contributed by atoms with Crippen LogP contribution in [0.2, 0.25) is 0 Å². The lowest BCUT2D eigenvalue weighted by Gasteiger charge is -2.17. The molecule has 0 bridgehead atoms. The van der Waals surface area contributed by atoms with E-state index in [4.69, 9.17) is 5.11 Å². The first-order valence-electron chi connectivity index (χ1n) is 9.69. The molecule has 0 saturated heterocycles. The maximum atomic E-state index is 12.0. The number of hydrogen-bond donors (Lipinski definition) is 3. The second-order valence-corrected chi connectivity index (χ2v) is 6.84. The number of carbonyl (C=O) groups is 2. The summed E-state index contributed by atoms with van der Waals surface area (Å²) in [5, 5.41) is 28.8. The topological polar surface area (TPSA) is 94.8 Å². The second kappa shape index (κ2) is 13.2. The predicted octanol–water partition coefficient (Wildman–Crippen LogP) is 3.58. The summed E-state index contributed by atoms with van der Waals surface area (Å²) in [5.41, 5.74) is 0. The molecule has 1 saturated carbocycles. The number of carbonyl (C=O) groups excluding carboxylic acids is 1. The third-order valence-electron chi connectivity index (χ3n) is 4.63. The van der Waals surface area contributed by atoms with E-state index in [-0.39, 0.29) is 31.0 Å². The fraction of sp³-hybridized carbons (Fsp3) is 0.545. The minimum Gasteiger partial charge on any atom is -0.481 e. The smallest absolute Gasteiger partial charge is 0.303 e. The van der Waals surface area contributed by atoms with Gasteiger partial charge in [0.05, 0.1) is 12.2 Å². The van der Waals surface area contributed by atoms with Gasteiger partial charge in [-0.15, -0.1) is 0 Å². The minimum atomic E-state index is -0.940. The van der Waals surface area contributed by atoms with E-state index < -0.39 is 24.1 Å². The molecule has 1 rings (SSSR count). The third kappa shape index (κ3) is 9.50. The molecular formula is C22H32O5. The van der Waals surface area contributed by atoms with Crippen LogP contribution in [-0.2, 0) is 9.59 Å². The lowest BCUT2D eigenvalue weighted by Crippen LogP contribution is -2.20. The van der Waals surface area contributed by atoms with Gasteiger partial charge in [0.25, 0.3) is 0 Å². The number of carboxylic acids is 1. The molecule has 0 aromatic carbocycles. The van der Waals surface area contributed by atoms with Crippen LogP contribution in [0.4, 0.5) is 0 Å². The normalized spacial score (nSPS) is 24.9. The third-order valence-corrected chi connectivity index (χ3v) is 4.63. The Labute approximate surface area is 161 Å². The predicted molar refractivity (Wildman–Crippen MR) is 106 cm³/mol. The first-order chi connectivity index (χ1) is 13.0. The van der Waals surface area contributed by atoms with Crippen molar-refractivity contribution in [2.24, 2.45) is 11.8 Å². The lowest BCUT2D eigenvalue weighted by atomic mass is 9.89. The van der Waals surface area contributed by atoms with Gasteiger partial charge in [-0.05, 0) is 38.0 Å². The van der Waals surface area contributed by atoms with Crippen molar-refractivity contribution in [3.63, 3.8) is 0 Å². The highest BCUT2D eigenvalue weighted by molar-refractivity contribution is 5.86. The molecule has 0 amide bonds. The van der Waals surface area contributed by atoms with E-state index in [0.29, 0.717) is 6.42 Å². The number of aliphatic hydroxyl groups excluding tert-OH is 2. The van der Waals surface area contributed by atoms with E-state index in [9.17, 15) is 19.8 Å². The summed E-state index contributed by atoms with van der Waals surface area (Å²) >= 11 is 0. The van der Waals surface area contributed by atoms with Gasteiger partial charge in [-0.3, -0.25) is 9.59 Å². The van der Waals surface area contributed by atoms with Gasteiger partial charge < -0.3 is 15.3 Å². The fourth-order valence-corrected chi connectivity index (χ4v) is 3.15. The SMILES string of the molecule is CC/C=C\C/C=C/C/C=C\C[C@H](O)/C=C/[C@H]1C(=O)C[C@@H](O)[C@H]1CCC(=O)O. The average molecular weight is 376 g/mol. The van der Waals surface area contributed by atoms with Crippen molar-refractivity contribution in [1.29, 1.82) is 0 Å². The van der Waals surface area contributed by atoms with Crippen LogP contribution in [0.5, 0.6) is 0 Å². The maximum Gasteiger partial charge on any atom is 0.303 e. The van der Waals surface area contributed by atoms with Crippen molar-refractivity contribution in [3.8, 4) is 0 Å². The second-order valence-electron chi connectivity index (χ2n) is 6.84. The highest BCUT2D eigenvalue weighted by Crippen LogP contribution is 2.34. The molecule has 0 unspecified atom stereocenters. The van der Waals surface area contributed by atoms with Crippen molar-refractivity contribution < 1.29 is 24.9 Å². The Kier molecular flexibility index (Phi) is 11.3. The molecular weight excluding hydrogens is 344 g/mol. The van der Waals surface area contributed by atoms with E-state index in [2.05, 4.69) is 31.2 Å². The Morgan fingerprint density at radius 1 is 1.15 bits per heavy atom. The highest BCUT2D eigenvalue weighted by Gasteiger charge is 2.39. The highest BCUT2D eigenvalue weighted by atomic mass is 16.4. The summed E-state index contributed by atoms with van der Waals surface area (Å²) in [7, 11) is 0. The summed E-state index contributed by atoms with van der Waals surface area (Å²) in [5.74, 6) is -1.94. The molecule has 27 heavy (non-hydrogen) atoms. The Bertz CT molecular complexity index is 573. The summed E-state index contributed by atoms with van der Waals surface area (Å²) in [6.07, 6.45) is 17.5. The van der Waals surface area contributed by atoms with Crippen LogP contribution in [-0.4, -0.2) is 39.3 Å². The summed E-state index contributed by atoms with van der Waals surface area (Å²) in [6, 6.07) is 0. The van der Waals surface area contributed by atoms with Crippen LogP contribution in [0.25, 0.3) is 0 Å². The zero-order valence-electron chi connectivity index (χ0n) is 16.0. The molecule has 0 heterocycles. The van der Waals surface area contributed by atoms with E-state index in [0.717, 1.165) is 19.3 Å². The number of allylic oxidation sites excluding steroid dienone is 6. The molecule has 5 nitrogen and oxygen atoms in total. The van der Waals surface area contributed by atoms with E-state index in [1.165, 1.54) is 0 Å². The van der Waals surface area contributed by atoms with Gasteiger partial charge in [0.1, 0.15) is 5.78 Å². The van der Waals surface area contributed by atoms with Crippen LogP contribution in [0.1, 0.15) is 51.9 Å². The van der Waals surface area contributed by atoms with Gasteiger partial charge >= 0.3 is 5.97 Å². The van der Waals surface area contributed by atoms with Crippen molar-refractivity contribution in [3.05, 3.63) is 48.6 Å². The van der Waals surface area contributed by atoms with Crippen LogP contribution in [0, 0.1) is 11.8 Å². The van der Waals surface area contributed by atoms with E-state index >= 15 is 0 Å². The largest absolute Gasteiger partial charge is 0.481 e. The fourth-order valence-electron chi connectivity index (χ4n) is 3.15. The van der Waals surface area contributed by atoms with Gasteiger partial charge in [-0.1, -0.05) is 55.5 Å². The van der Waals surface area contributed by atoms with Gasteiger partial charge in [0.2, 0.25) is 0 Å². The van der Waals surface area contributed by atoms with Crippen molar-refractivity contribution >= 4 is 11.8 Å². The molecule has 0 radical (unpaired) electrons.